The van der Waals surface area contributed by atoms with Gasteiger partial charge in [0.1, 0.15) is 0 Å². The van der Waals surface area contributed by atoms with Crippen molar-refractivity contribution in [3.8, 4) is 0 Å². The van der Waals surface area contributed by atoms with E-state index in [0.717, 1.165) is 31.5 Å². The average molecular weight is 364 g/mol. The fourth-order valence-corrected chi connectivity index (χ4v) is 4.10. The summed E-state index contributed by atoms with van der Waals surface area (Å²) in [5.41, 5.74) is 1.99. The number of hydrogen-bond acceptors (Lipinski definition) is 4. The standard InChI is InChI=1S/C22H24N2O3/c25-20(16-6-2-1-3-7-16)17-10-12-23(13-11-17)14-15-24-21(26)18-8-4-5-9-19(18)22(24)27/h1-9,17,20,25H,10-15H2/t20-/m0/s1. The van der Waals surface area contributed by atoms with Crippen LogP contribution in [0.25, 0.3) is 0 Å². The minimum atomic E-state index is -0.426. The predicted molar refractivity (Wildman–Crippen MR) is 102 cm³/mol. The van der Waals surface area contributed by atoms with E-state index in [1.165, 1.54) is 4.90 Å². The molecule has 0 aromatic heterocycles. The maximum atomic E-state index is 12.4. The molecule has 2 amide bonds. The number of piperidine rings is 1. The van der Waals surface area contributed by atoms with Gasteiger partial charge in [0.25, 0.3) is 11.8 Å². The Morgan fingerprint density at radius 3 is 2.00 bits per heavy atom. The molecule has 1 atom stereocenters. The second kappa shape index (κ2) is 7.62. The summed E-state index contributed by atoms with van der Waals surface area (Å²) < 4.78 is 0. The zero-order valence-electron chi connectivity index (χ0n) is 15.3. The highest BCUT2D eigenvalue weighted by molar-refractivity contribution is 6.21. The van der Waals surface area contributed by atoms with Gasteiger partial charge in [-0.1, -0.05) is 42.5 Å². The van der Waals surface area contributed by atoms with Gasteiger partial charge < -0.3 is 10.0 Å². The molecule has 5 nitrogen and oxygen atoms in total. The van der Waals surface area contributed by atoms with Gasteiger partial charge in [-0.3, -0.25) is 14.5 Å². The zero-order valence-corrected chi connectivity index (χ0v) is 15.3. The van der Waals surface area contributed by atoms with Crippen LogP contribution in [0.15, 0.2) is 54.6 Å². The number of likely N-dealkylation sites (tertiary alicyclic amines) is 1. The van der Waals surface area contributed by atoms with Crippen LogP contribution in [0.2, 0.25) is 0 Å². The molecular weight excluding hydrogens is 340 g/mol. The highest BCUT2D eigenvalue weighted by Crippen LogP contribution is 2.30. The summed E-state index contributed by atoms with van der Waals surface area (Å²) in [4.78, 5) is 28.5. The van der Waals surface area contributed by atoms with Gasteiger partial charge in [0.2, 0.25) is 0 Å². The molecule has 4 rings (SSSR count). The summed E-state index contributed by atoms with van der Waals surface area (Å²) in [5, 5.41) is 10.6. The van der Waals surface area contributed by atoms with Gasteiger partial charge in [-0.05, 0) is 49.5 Å². The Labute approximate surface area is 159 Å². The molecule has 2 aliphatic heterocycles. The average Bonchev–Trinajstić information content (AvgIpc) is 2.97. The first-order chi connectivity index (χ1) is 13.1. The van der Waals surface area contributed by atoms with Crippen LogP contribution in [0.5, 0.6) is 0 Å². The van der Waals surface area contributed by atoms with Crippen LogP contribution < -0.4 is 0 Å². The molecule has 0 radical (unpaired) electrons. The van der Waals surface area contributed by atoms with Crippen LogP contribution in [0, 0.1) is 5.92 Å². The first-order valence-corrected chi connectivity index (χ1v) is 9.56. The third-order valence-corrected chi connectivity index (χ3v) is 5.74. The normalized spacial score (nSPS) is 19.4. The molecule has 0 unspecified atom stereocenters. The van der Waals surface area contributed by atoms with Crippen molar-refractivity contribution in [3.05, 3.63) is 71.3 Å². The van der Waals surface area contributed by atoms with Crippen LogP contribution >= 0.6 is 0 Å². The second-order valence-corrected chi connectivity index (χ2v) is 7.34. The Bertz CT molecular complexity index is 793. The number of nitrogens with zero attached hydrogens (tertiary/aromatic N) is 2. The minimum Gasteiger partial charge on any atom is -0.388 e. The van der Waals surface area contributed by atoms with Crippen molar-refractivity contribution in [2.45, 2.75) is 18.9 Å². The molecule has 2 aliphatic rings. The van der Waals surface area contributed by atoms with Crippen molar-refractivity contribution in [2.24, 2.45) is 5.92 Å². The van der Waals surface area contributed by atoms with Gasteiger partial charge >= 0.3 is 0 Å². The van der Waals surface area contributed by atoms with Crippen molar-refractivity contribution in [1.29, 1.82) is 0 Å². The lowest BCUT2D eigenvalue weighted by atomic mass is 9.87. The predicted octanol–water partition coefficient (Wildman–Crippen LogP) is 2.73. The highest BCUT2D eigenvalue weighted by Gasteiger charge is 2.35. The number of amides is 2. The van der Waals surface area contributed by atoms with Crippen LogP contribution in [0.3, 0.4) is 0 Å². The van der Waals surface area contributed by atoms with Crippen LogP contribution in [0.1, 0.15) is 45.2 Å². The van der Waals surface area contributed by atoms with E-state index < -0.39 is 6.10 Å². The van der Waals surface area contributed by atoms with Gasteiger partial charge in [-0.25, -0.2) is 0 Å². The SMILES string of the molecule is O=C1c2ccccc2C(=O)N1CCN1CCC([C@@H](O)c2ccccc2)CC1. The first-order valence-electron chi connectivity index (χ1n) is 9.56. The van der Waals surface area contributed by atoms with Crippen molar-refractivity contribution in [1.82, 2.24) is 9.80 Å². The van der Waals surface area contributed by atoms with Gasteiger partial charge in [0.05, 0.1) is 17.2 Å². The molecule has 2 aromatic rings. The molecule has 0 bridgehead atoms. The number of rotatable bonds is 5. The zero-order chi connectivity index (χ0) is 18.8. The number of aliphatic hydroxyl groups excluding tert-OH is 1. The molecule has 0 saturated carbocycles. The Balaban J connectivity index is 1.29. The van der Waals surface area contributed by atoms with E-state index in [-0.39, 0.29) is 17.7 Å². The topological polar surface area (TPSA) is 60.9 Å². The smallest absolute Gasteiger partial charge is 0.261 e. The van der Waals surface area contributed by atoms with Gasteiger partial charge in [0.15, 0.2) is 0 Å². The van der Waals surface area contributed by atoms with Gasteiger partial charge in [-0.2, -0.15) is 0 Å². The van der Waals surface area contributed by atoms with Crippen molar-refractivity contribution < 1.29 is 14.7 Å². The van der Waals surface area contributed by atoms with E-state index in [1.54, 1.807) is 24.3 Å². The Morgan fingerprint density at radius 2 is 1.41 bits per heavy atom. The maximum Gasteiger partial charge on any atom is 0.261 e. The molecule has 27 heavy (non-hydrogen) atoms. The molecule has 140 valence electrons. The number of aliphatic hydroxyl groups is 1. The van der Waals surface area contributed by atoms with Crippen molar-refractivity contribution in [3.63, 3.8) is 0 Å². The fourth-order valence-electron chi connectivity index (χ4n) is 4.10. The quantitative estimate of drug-likeness (QED) is 0.829. The van der Waals surface area contributed by atoms with Crippen molar-refractivity contribution >= 4 is 11.8 Å². The molecule has 0 aliphatic carbocycles. The van der Waals surface area contributed by atoms with E-state index in [9.17, 15) is 14.7 Å². The van der Waals surface area contributed by atoms with Crippen molar-refractivity contribution in [2.75, 3.05) is 26.2 Å². The van der Waals surface area contributed by atoms with Crippen LogP contribution in [-0.2, 0) is 0 Å². The lowest BCUT2D eigenvalue weighted by molar-refractivity contribution is 0.0512. The maximum absolute atomic E-state index is 12.4. The summed E-state index contributed by atoms with van der Waals surface area (Å²) in [5.74, 6) is -0.127. The van der Waals surface area contributed by atoms with Gasteiger partial charge in [0, 0.05) is 13.1 Å². The minimum absolute atomic E-state index is 0.190. The highest BCUT2D eigenvalue weighted by atomic mass is 16.3. The monoisotopic (exact) mass is 364 g/mol. The summed E-state index contributed by atoms with van der Waals surface area (Å²) >= 11 is 0. The van der Waals surface area contributed by atoms with E-state index in [4.69, 9.17) is 0 Å². The van der Waals surface area contributed by atoms with Crippen LogP contribution in [-0.4, -0.2) is 52.9 Å². The summed E-state index contributed by atoms with van der Waals surface area (Å²) in [6.07, 6.45) is 1.40. The second-order valence-electron chi connectivity index (χ2n) is 7.34. The summed E-state index contributed by atoms with van der Waals surface area (Å²) in [6, 6.07) is 16.8. The molecule has 2 heterocycles. The molecular formula is C22H24N2O3. The lowest BCUT2D eigenvalue weighted by Crippen LogP contribution is -2.42. The fraction of sp³-hybridized carbons (Fsp3) is 0.364. The van der Waals surface area contributed by atoms with Crippen LogP contribution in [0.4, 0.5) is 0 Å². The third kappa shape index (κ3) is 3.53. The van der Waals surface area contributed by atoms with E-state index in [1.807, 2.05) is 30.3 Å². The molecule has 0 spiro atoms. The Kier molecular flexibility index (Phi) is 5.05. The Hall–Kier alpha value is -2.50. The summed E-state index contributed by atoms with van der Waals surface area (Å²) in [7, 11) is 0. The van der Waals surface area contributed by atoms with Gasteiger partial charge in [-0.15, -0.1) is 0 Å². The third-order valence-electron chi connectivity index (χ3n) is 5.74. The molecule has 1 fully saturated rings. The number of carbonyl (C=O) groups excluding carboxylic acids is 2. The van der Waals surface area contributed by atoms with E-state index >= 15 is 0 Å². The Morgan fingerprint density at radius 1 is 0.852 bits per heavy atom. The lowest BCUT2D eigenvalue weighted by Gasteiger charge is -2.34. The summed E-state index contributed by atoms with van der Waals surface area (Å²) in [6.45, 7) is 2.84. The number of hydrogen-bond donors (Lipinski definition) is 1. The molecule has 1 saturated heterocycles. The molecule has 5 heteroatoms. The number of carbonyl (C=O) groups is 2. The van der Waals surface area contributed by atoms with E-state index in [2.05, 4.69) is 4.90 Å². The van der Waals surface area contributed by atoms with E-state index in [0.29, 0.717) is 24.2 Å². The molecule has 1 N–H and O–H groups in total. The number of fused-ring (bicyclic) bond motifs is 1. The largest absolute Gasteiger partial charge is 0.388 e. The number of benzene rings is 2. The molecule has 2 aromatic carbocycles. The first kappa shape index (κ1) is 17.9. The number of imide groups is 1.